The van der Waals surface area contributed by atoms with Gasteiger partial charge in [0.2, 0.25) is 0 Å². The average molecular weight is 190 g/mol. The summed E-state index contributed by atoms with van der Waals surface area (Å²) in [5, 5.41) is 0. The van der Waals surface area contributed by atoms with Crippen LogP contribution in [0.4, 0.5) is 0 Å². The fourth-order valence-corrected chi connectivity index (χ4v) is 2.84. The van der Waals surface area contributed by atoms with Crippen molar-refractivity contribution in [2.24, 2.45) is 0 Å². The van der Waals surface area contributed by atoms with Gasteiger partial charge < -0.3 is 0 Å². The van der Waals surface area contributed by atoms with Gasteiger partial charge >= 0.3 is 0 Å². The van der Waals surface area contributed by atoms with Crippen molar-refractivity contribution in [3.63, 3.8) is 0 Å². The summed E-state index contributed by atoms with van der Waals surface area (Å²) in [6.45, 7) is 0. The highest BCUT2D eigenvalue weighted by Crippen LogP contribution is 2.48. The molecular formula is C15H10. The molecule has 0 saturated carbocycles. The normalized spacial score (nSPS) is 19.3. The van der Waals surface area contributed by atoms with Crippen LogP contribution < -0.4 is 0 Å². The Labute approximate surface area is 88.9 Å². The van der Waals surface area contributed by atoms with Crippen LogP contribution in [0.5, 0.6) is 0 Å². The Bertz CT molecular complexity index is 592. The standard InChI is InChI=1S/C15H10/c1-4-10-5-2-9-14-12-7-3-6-11(12)13(8-1)15(10)14/h1-8H,9H2. The molecule has 0 unspecified atom stereocenters. The Morgan fingerprint density at radius 3 is 3.07 bits per heavy atom. The molecule has 0 radical (unpaired) electrons. The maximum atomic E-state index is 2.27. The Kier molecular flexibility index (Phi) is 1.20. The van der Waals surface area contributed by atoms with Crippen molar-refractivity contribution < 1.29 is 0 Å². The Morgan fingerprint density at radius 1 is 1.07 bits per heavy atom. The summed E-state index contributed by atoms with van der Waals surface area (Å²) in [6.07, 6.45) is 12.2. The van der Waals surface area contributed by atoms with Crippen molar-refractivity contribution in [2.75, 3.05) is 0 Å². The first-order chi connectivity index (χ1) is 7.45. The fraction of sp³-hybridized carbons (Fsp3) is 0.0667. The molecule has 0 aliphatic heterocycles. The average Bonchev–Trinajstić information content (AvgIpc) is 2.84. The highest BCUT2D eigenvalue weighted by atomic mass is 14.3. The van der Waals surface area contributed by atoms with Gasteiger partial charge in [0.05, 0.1) is 0 Å². The lowest BCUT2D eigenvalue weighted by atomic mass is 9.92. The summed E-state index contributed by atoms with van der Waals surface area (Å²) in [7, 11) is 0. The van der Waals surface area contributed by atoms with Gasteiger partial charge in [0.15, 0.2) is 0 Å². The molecule has 0 heteroatoms. The summed E-state index contributed by atoms with van der Waals surface area (Å²) < 4.78 is 0. The van der Waals surface area contributed by atoms with Crippen molar-refractivity contribution >= 4 is 17.2 Å². The zero-order valence-electron chi connectivity index (χ0n) is 8.33. The van der Waals surface area contributed by atoms with Crippen LogP contribution in [0.3, 0.4) is 0 Å². The summed E-state index contributed by atoms with van der Waals surface area (Å²) in [5.41, 5.74) is 8.66. The SMILES string of the molecule is C1=CC2=C3CC=Cc4cccc(c43)C2=C1. The number of benzene rings is 1. The number of hydrogen-bond acceptors (Lipinski definition) is 0. The predicted molar refractivity (Wildman–Crippen MR) is 64.1 cm³/mol. The van der Waals surface area contributed by atoms with E-state index in [0.29, 0.717) is 0 Å². The zero-order valence-corrected chi connectivity index (χ0v) is 8.33. The molecule has 4 rings (SSSR count). The molecule has 3 aliphatic rings. The molecule has 3 aliphatic carbocycles. The second-order valence-electron chi connectivity index (χ2n) is 4.21. The molecule has 1 aromatic rings. The van der Waals surface area contributed by atoms with Crippen molar-refractivity contribution in [2.45, 2.75) is 6.42 Å². The van der Waals surface area contributed by atoms with Crippen molar-refractivity contribution in [3.05, 3.63) is 64.8 Å². The maximum Gasteiger partial charge on any atom is -0.00638 e. The van der Waals surface area contributed by atoms with Crippen molar-refractivity contribution in [1.82, 2.24) is 0 Å². The van der Waals surface area contributed by atoms with Crippen LogP contribution in [-0.4, -0.2) is 0 Å². The minimum atomic E-state index is 1.08. The van der Waals surface area contributed by atoms with Crippen LogP contribution in [-0.2, 0) is 0 Å². The molecule has 0 aromatic heterocycles. The van der Waals surface area contributed by atoms with Crippen LogP contribution in [0, 0.1) is 0 Å². The lowest BCUT2D eigenvalue weighted by Crippen LogP contribution is -1.92. The molecule has 0 N–H and O–H groups in total. The second kappa shape index (κ2) is 2.40. The number of allylic oxidation sites excluding steroid dienone is 7. The summed E-state index contributed by atoms with van der Waals surface area (Å²) in [5.74, 6) is 0. The summed E-state index contributed by atoms with van der Waals surface area (Å²) in [6, 6.07) is 6.60. The highest BCUT2D eigenvalue weighted by Gasteiger charge is 2.28. The second-order valence-corrected chi connectivity index (χ2v) is 4.21. The predicted octanol–water partition coefficient (Wildman–Crippen LogP) is 3.82. The third-order valence-corrected chi connectivity index (χ3v) is 3.45. The molecule has 0 saturated heterocycles. The van der Waals surface area contributed by atoms with Crippen LogP contribution >= 0.6 is 0 Å². The molecule has 0 nitrogen and oxygen atoms in total. The molecule has 0 amide bonds. The highest BCUT2D eigenvalue weighted by molar-refractivity contribution is 6.07. The lowest BCUT2D eigenvalue weighted by molar-refractivity contribution is 1.36. The van der Waals surface area contributed by atoms with E-state index in [0.717, 1.165) is 6.42 Å². The molecule has 0 fully saturated rings. The van der Waals surface area contributed by atoms with E-state index in [1.165, 1.54) is 33.4 Å². The van der Waals surface area contributed by atoms with E-state index < -0.39 is 0 Å². The fourth-order valence-electron chi connectivity index (χ4n) is 2.84. The third kappa shape index (κ3) is 0.782. The molecular weight excluding hydrogens is 180 g/mol. The molecule has 1 aromatic carbocycles. The van der Waals surface area contributed by atoms with Gasteiger partial charge in [0, 0.05) is 0 Å². The van der Waals surface area contributed by atoms with Gasteiger partial charge in [-0.25, -0.2) is 0 Å². The molecule has 0 atom stereocenters. The largest absolute Gasteiger partial charge is 0.0795 e. The van der Waals surface area contributed by atoms with E-state index >= 15 is 0 Å². The van der Waals surface area contributed by atoms with Gasteiger partial charge in [-0.3, -0.25) is 0 Å². The molecule has 0 heterocycles. The lowest BCUT2D eigenvalue weighted by Gasteiger charge is -2.12. The van der Waals surface area contributed by atoms with E-state index in [4.69, 9.17) is 0 Å². The van der Waals surface area contributed by atoms with E-state index in [1.54, 1.807) is 0 Å². The van der Waals surface area contributed by atoms with Gasteiger partial charge in [0.25, 0.3) is 0 Å². The van der Waals surface area contributed by atoms with E-state index in [1.807, 2.05) is 0 Å². The van der Waals surface area contributed by atoms with E-state index in [-0.39, 0.29) is 0 Å². The quantitative estimate of drug-likeness (QED) is 0.583. The minimum absolute atomic E-state index is 1.08. The Morgan fingerprint density at radius 2 is 2.07 bits per heavy atom. The Hall–Kier alpha value is -1.82. The molecule has 70 valence electrons. The smallest absolute Gasteiger partial charge is 0.00638 e. The first kappa shape index (κ1) is 7.47. The Balaban J connectivity index is 2.18. The van der Waals surface area contributed by atoms with Crippen LogP contribution in [0.2, 0.25) is 0 Å². The van der Waals surface area contributed by atoms with E-state index in [2.05, 4.69) is 48.6 Å². The zero-order chi connectivity index (χ0) is 9.83. The van der Waals surface area contributed by atoms with Gasteiger partial charge in [-0.05, 0) is 39.8 Å². The third-order valence-electron chi connectivity index (χ3n) is 3.45. The van der Waals surface area contributed by atoms with Gasteiger partial charge in [-0.2, -0.15) is 0 Å². The number of hydrogen-bond donors (Lipinski definition) is 0. The molecule has 15 heavy (non-hydrogen) atoms. The first-order valence-corrected chi connectivity index (χ1v) is 5.37. The van der Waals surface area contributed by atoms with Crippen molar-refractivity contribution in [3.8, 4) is 0 Å². The summed E-state index contributed by atoms with van der Waals surface area (Å²) in [4.78, 5) is 0. The topological polar surface area (TPSA) is 0 Å². The van der Waals surface area contributed by atoms with Crippen LogP contribution in [0.25, 0.3) is 17.2 Å². The summed E-state index contributed by atoms with van der Waals surface area (Å²) >= 11 is 0. The first-order valence-electron chi connectivity index (χ1n) is 5.37. The van der Waals surface area contributed by atoms with Gasteiger partial charge in [0.1, 0.15) is 0 Å². The van der Waals surface area contributed by atoms with Crippen LogP contribution in [0.1, 0.15) is 23.1 Å². The van der Waals surface area contributed by atoms with Gasteiger partial charge in [-0.15, -0.1) is 0 Å². The van der Waals surface area contributed by atoms with E-state index in [9.17, 15) is 0 Å². The minimum Gasteiger partial charge on any atom is -0.0795 e. The number of fused-ring (bicyclic) bond motifs is 2. The van der Waals surface area contributed by atoms with Gasteiger partial charge in [-0.1, -0.05) is 48.6 Å². The number of rotatable bonds is 0. The maximum absolute atomic E-state index is 2.27. The molecule has 0 bridgehead atoms. The van der Waals surface area contributed by atoms with Crippen molar-refractivity contribution in [1.29, 1.82) is 0 Å². The van der Waals surface area contributed by atoms with Crippen LogP contribution in [0.15, 0.2) is 48.1 Å². The monoisotopic (exact) mass is 190 g/mol. The molecule has 0 spiro atoms.